The standard InChI is InChI=1S/C16H19N3O2S.HI/c1-21-14-9-7-13(8-10-14)19-16(17)18-11-12-22(20)15-5-3-2-4-6-15;/h2-10H,11-12H2,1H3,(H3,17,18,19);1H. The van der Waals surface area contributed by atoms with Crippen molar-refractivity contribution in [2.24, 2.45) is 10.7 Å². The molecule has 0 amide bonds. The molecule has 5 nitrogen and oxygen atoms in total. The highest BCUT2D eigenvalue weighted by Gasteiger charge is 2.02. The van der Waals surface area contributed by atoms with Crippen LogP contribution in [0.25, 0.3) is 0 Å². The minimum Gasteiger partial charge on any atom is -0.497 e. The lowest BCUT2D eigenvalue weighted by Crippen LogP contribution is -2.23. The molecule has 7 heteroatoms. The summed E-state index contributed by atoms with van der Waals surface area (Å²) >= 11 is 0. The summed E-state index contributed by atoms with van der Waals surface area (Å²) in [6.07, 6.45) is 0. The van der Waals surface area contributed by atoms with Gasteiger partial charge in [-0.15, -0.1) is 24.0 Å². The Morgan fingerprint density at radius 2 is 1.83 bits per heavy atom. The zero-order valence-electron chi connectivity index (χ0n) is 12.8. The second-order valence-electron chi connectivity index (χ2n) is 4.48. The molecule has 0 aromatic heterocycles. The Balaban J connectivity index is 0.00000264. The Morgan fingerprint density at radius 3 is 2.43 bits per heavy atom. The summed E-state index contributed by atoms with van der Waals surface area (Å²) < 4.78 is 17.1. The van der Waals surface area contributed by atoms with Crippen LogP contribution in [0, 0.1) is 0 Å². The molecule has 0 radical (unpaired) electrons. The van der Waals surface area contributed by atoms with E-state index in [1.54, 1.807) is 7.11 Å². The van der Waals surface area contributed by atoms with E-state index in [2.05, 4.69) is 10.3 Å². The second-order valence-corrected chi connectivity index (χ2v) is 6.05. The van der Waals surface area contributed by atoms with E-state index in [-0.39, 0.29) is 24.0 Å². The van der Waals surface area contributed by atoms with E-state index < -0.39 is 10.8 Å². The molecule has 124 valence electrons. The van der Waals surface area contributed by atoms with Crippen LogP contribution < -0.4 is 15.8 Å². The summed E-state index contributed by atoms with van der Waals surface area (Å²) in [4.78, 5) is 4.99. The topological polar surface area (TPSA) is 76.7 Å². The predicted molar refractivity (Wildman–Crippen MR) is 106 cm³/mol. The highest BCUT2D eigenvalue weighted by molar-refractivity contribution is 14.0. The fourth-order valence-corrected chi connectivity index (χ4v) is 2.75. The van der Waals surface area contributed by atoms with Gasteiger partial charge in [0.1, 0.15) is 5.75 Å². The maximum Gasteiger partial charge on any atom is 0.193 e. The van der Waals surface area contributed by atoms with Gasteiger partial charge in [0.05, 0.1) is 24.5 Å². The maximum atomic E-state index is 12.0. The summed E-state index contributed by atoms with van der Waals surface area (Å²) in [5.74, 6) is 1.52. The first-order valence-corrected chi connectivity index (χ1v) is 8.15. The van der Waals surface area contributed by atoms with E-state index in [4.69, 9.17) is 10.5 Å². The third-order valence-corrected chi connectivity index (χ3v) is 4.28. The molecular weight excluding hydrogens is 425 g/mol. The number of methoxy groups -OCH3 is 1. The average Bonchev–Trinajstić information content (AvgIpc) is 2.56. The fourth-order valence-electron chi connectivity index (χ4n) is 1.80. The Labute approximate surface area is 155 Å². The number of ether oxygens (including phenoxy) is 1. The van der Waals surface area contributed by atoms with Crippen molar-refractivity contribution in [3.05, 3.63) is 54.6 Å². The normalized spacial score (nSPS) is 12.1. The van der Waals surface area contributed by atoms with Gasteiger partial charge in [0, 0.05) is 16.3 Å². The van der Waals surface area contributed by atoms with Crippen LogP contribution in [0.4, 0.5) is 5.69 Å². The van der Waals surface area contributed by atoms with Crippen LogP contribution >= 0.6 is 24.0 Å². The molecule has 2 rings (SSSR count). The number of anilines is 1. The van der Waals surface area contributed by atoms with Crippen molar-refractivity contribution >= 4 is 46.4 Å². The molecule has 3 N–H and O–H groups in total. The van der Waals surface area contributed by atoms with Gasteiger partial charge >= 0.3 is 0 Å². The number of halogens is 1. The molecule has 0 aliphatic heterocycles. The zero-order chi connectivity index (χ0) is 15.8. The lowest BCUT2D eigenvalue weighted by molar-refractivity contribution is 0.415. The number of guanidine groups is 1. The van der Waals surface area contributed by atoms with Gasteiger partial charge in [-0.3, -0.25) is 9.20 Å². The van der Waals surface area contributed by atoms with Gasteiger partial charge in [0.15, 0.2) is 5.96 Å². The Hall–Kier alpha value is -1.61. The molecule has 2 aromatic carbocycles. The number of aliphatic imine (C=N–C) groups is 1. The first kappa shape index (κ1) is 19.4. The molecule has 0 bridgehead atoms. The minimum atomic E-state index is -1.06. The molecular formula is C16H20IN3O2S. The van der Waals surface area contributed by atoms with Crippen molar-refractivity contribution < 1.29 is 8.95 Å². The van der Waals surface area contributed by atoms with Crippen LogP contribution in [0.5, 0.6) is 5.75 Å². The number of rotatable bonds is 6. The maximum absolute atomic E-state index is 12.0. The fraction of sp³-hybridized carbons (Fsp3) is 0.188. The quantitative estimate of drug-likeness (QED) is 0.408. The van der Waals surface area contributed by atoms with Crippen molar-refractivity contribution in [3.8, 4) is 5.75 Å². The van der Waals surface area contributed by atoms with Crippen LogP contribution in [0.1, 0.15) is 0 Å². The van der Waals surface area contributed by atoms with Crippen LogP contribution in [0.15, 0.2) is 64.5 Å². The first-order valence-electron chi connectivity index (χ1n) is 6.83. The van der Waals surface area contributed by atoms with E-state index in [9.17, 15) is 4.21 Å². The van der Waals surface area contributed by atoms with Crippen LogP contribution in [0.3, 0.4) is 0 Å². The van der Waals surface area contributed by atoms with Crippen LogP contribution in [-0.4, -0.2) is 29.6 Å². The van der Waals surface area contributed by atoms with E-state index >= 15 is 0 Å². The molecule has 0 heterocycles. The number of nitrogens with zero attached hydrogens (tertiary/aromatic N) is 1. The second kappa shape index (κ2) is 10.2. The Morgan fingerprint density at radius 1 is 1.17 bits per heavy atom. The summed E-state index contributed by atoms with van der Waals surface area (Å²) in [7, 11) is 0.559. The monoisotopic (exact) mass is 445 g/mol. The third kappa shape index (κ3) is 6.57. The Bertz CT molecular complexity index is 648. The van der Waals surface area contributed by atoms with Gasteiger partial charge in [-0.25, -0.2) is 0 Å². The number of hydrogen-bond donors (Lipinski definition) is 2. The van der Waals surface area contributed by atoms with E-state index in [0.717, 1.165) is 16.3 Å². The third-order valence-electron chi connectivity index (χ3n) is 2.93. The van der Waals surface area contributed by atoms with Crippen molar-refractivity contribution in [3.63, 3.8) is 0 Å². The van der Waals surface area contributed by atoms with Gasteiger partial charge in [-0.1, -0.05) is 18.2 Å². The number of nitrogens with two attached hydrogens (primary N) is 1. The molecule has 1 atom stereocenters. The molecule has 0 spiro atoms. The number of hydrogen-bond acceptors (Lipinski definition) is 3. The predicted octanol–water partition coefficient (Wildman–Crippen LogP) is 2.85. The number of benzene rings is 2. The lowest BCUT2D eigenvalue weighted by atomic mass is 10.3. The van der Waals surface area contributed by atoms with Gasteiger partial charge < -0.3 is 15.8 Å². The van der Waals surface area contributed by atoms with Gasteiger partial charge in [0.25, 0.3) is 0 Å². The molecule has 1 unspecified atom stereocenters. The lowest BCUT2D eigenvalue weighted by Gasteiger charge is -2.06. The molecule has 0 saturated heterocycles. The molecule has 23 heavy (non-hydrogen) atoms. The van der Waals surface area contributed by atoms with Gasteiger partial charge in [0.2, 0.25) is 0 Å². The molecule has 0 fully saturated rings. The molecule has 0 aliphatic rings. The average molecular weight is 445 g/mol. The van der Waals surface area contributed by atoms with Crippen molar-refractivity contribution in [1.82, 2.24) is 0 Å². The van der Waals surface area contributed by atoms with E-state index in [0.29, 0.717) is 18.3 Å². The molecule has 0 saturated carbocycles. The minimum absolute atomic E-state index is 0. The smallest absolute Gasteiger partial charge is 0.193 e. The van der Waals surface area contributed by atoms with Gasteiger partial charge in [-0.05, 0) is 36.4 Å². The SMILES string of the molecule is COc1ccc(NC(N)=NCCS(=O)c2ccccc2)cc1.I. The highest BCUT2D eigenvalue weighted by atomic mass is 127. The van der Waals surface area contributed by atoms with Crippen LogP contribution in [-0.2, 0) is 10.8 Å². The van der Waals surface area contributed by atoms with Crippen molar-refractivity contribution in [1.29, 1.82) is 0 Å². The zero-order valence-corrected chi connectivity index (χ0v) is 15.9. The summed E-state index contributed by atoms with van der Waals surface area (Å²) in [5.41, 5.74) is 6.64. The van der Waals surface area contributed by atoms with E-state index in [1.807, 2.05) is 54.6 Å². The summed E-state index contributed by atoms with van der Waals surface area (Å²) in [5, 5.41) is 2.98. The summed E-state index contributed by atoms with van der Waals surface area (Å²) in [6.45, 7) is 0.399. The van der Waals surface area contributed by atoms with Crippen molar-refractivity contribution in [2.75, 3.05) is 24.7 Å². The number of nitrogens with one attached hydrogen (secondary N) is 1. The largest absolute Gasteiger partial charge is 0.497 e. The van der Waals surface area contributed by atoms with E-state index in [1.165, 1.54) is 0 Å². The van der Waals surface area contributed by atoms with Crippen LogP contribution in [0.2, 0.25) is 0 Å². The van der Waals surface area contributed by atoms with Crippen molar-refractivity contribution in [2.45, 2.75) is 4.90 Å². The van der Waals surface area contributed by atoms with Gasteiger partial charge in [-0.2, -0.15) is 0 Å². The molecule has 2 aromatic rings. The molecule has 0 aliphatic carbocycles. The highest BCUT2D eigenvalue weighted by Crippen LogP contribution is 2.14. The summed E-state index contributed by atoms with van der Waals surface area (Å²) in [6, 6.07) is 16.7. The first-order chi connectivity index (χ1) is 10.7. The Kier molecular flexibility index (Phi) is 8.64.